The zero-order valence-electron chi connectivity index (χ0n) is 18.4. The van der Waals surface area contributed by atoms with E-state index in [4.69, 9.17) is 14.4 Å². The number of aliphatic hydroxyl groups is 1. The van der Waals surface area contributed by atoms with Gasteiger partial charge in [0.25, 0.3) is 5.91 Å². The Labute approximate surface area is 193 Å². The van der Waals surface area contributed by atoms with Gasteiger partial charge in [0, 0.05) is 30.3 Å². The zero-order valence-corrected chi connectivity index (χ0v) is 18.4. The third-order valence-corrected chi connectivity index (χ3v) is 5.05. The van der Waals surface area contributed by atoms with Crippen LogP contribution in [0, 0.1) is 6.92 Å². The minimum absolute atomic E-state index is 0.0245. The van der Waals surface area contributed by atoms with Gasteiger partial charge in [-0.2, -0.15) is 4.98 Å². The lowest BCUT2D eigenvalue weighted by Gasteiger charge is -2.10. The molecule has 0 aliphatic heterocycles. The number of carbonyl (C=O) groups is 1. The van der Waals surface area contributed by atoms with Crippen LogP contribution < -0.4 is 5.32 Å². The first-order valence-corrected chi connectivity index (χ1v) is 10.6. The standard InChI is InChI=1S/C20H19N5O4.C3H4F2/c1-13-2-3-15(19-22-12-29-24-19)9-16(13)23-20(27)17-10-21-18-8-14(4-5-25(17)18)11-28-7-6-26;4-3(5)1-2-3/h2-5,8-10,12,26H,6-7,11H2,1H3,(H,23,27);1-2H2. The van der Waals surface area contributed by atoms with Gasteiger partial charge in [-0.05, 0) is 36.2 Å². The molecule has 2 N–H and O–H groups in total. The highest BCUT2D eigenvalue weighted by molar-refractivity contribution is 6.04. The maximum Gasteiger partial charge on any atom is 0.274 e. The molecule has 3 heterocycles. The Balaban J connectivity index is 0.000000486. The number of halogens is 2. The average molecular weight is 471 g/mol. The van der Waals surface area contributed by atoms with E-state index in [1.165, 1.54) is 12.6 Å². The van der Waals surface area contributed by atoms with E-state index >= 15 is 0 Å². The largest absolute Gasteiger partial charge is 0.394 e. The average Bonchev–Trinajstić information content (AvgIpc) is 3.23. The molecule has 1 fully saturated rings. The maximum atomic E-state index is 12.9. The van der Waals surface area contributed by atoms with Crippen molar-refractivity contribution in [3.63, 3.8) is 0 Å². The van der Waals surface area contributed by atoms with Gasteiger partial charge in [0.05, 0.1) is 26.0 Å². The highest BCUT2D eigenvalue weighted by Gasteiger charge is 2.43. The fourth-order valence-corrected chi connectivity index (χ4v) is 3.01. The number of ether oxygens (including phenoxy) is 1. The molecule has 1 aromatic carbocycles. The third-order valence-electron chi connectivity index (χ3n) is 5.05. The number of hydrogen-bond donors (Lipinski definition) is 2. The number of benzene rings is 1. The molecule has 4 aromatic rings. The summed E-state index contributed by atoms with van der Waals surface area (Å²) in [5.74, 6) is -2.08. The van der Waals surface area contributed by atoms with Crippen LogP contribution >= 0.6 is 0 Å². The number of carbonyl (C=O) groups excluding carboxylic acids is 1. The molecule has 0 atom stereocenters. The highest BCUT2D eigenvalue weighted by atomic mass is 19.3. The molecule has 34 heavy (non-hydrogen) atoms. The van der Waals surface area contributed by atoms with E-state index in [-0.39, 0.29) is 32.0 Å². The number of nitrogens with one attached hydrogen (secondary N) is 1. The van der Waals surface area contributed by atoms with E-state index in [0.717, 1.165) is 16.7 Å². The summed E-state index contributed by atoms with van der Waals surface area (Å²) in [7, 11) is 0. The summed E-state index contributed by atoms with van der Waals surface area (Å²) in [6.45, 7) is 2.52. The fourth-order valence-electron chi connectivity index (χ4n) is 3.01. The van der Waals surface area contributed by atoms with Crippen molar-refractivity contribution in [1.29, 1.82) is 0 Å². The molecule has 0 unspecified atom stereocenters. The minimum Gasteiger partial charge on any atom is -0.394 e. The molecule has 1 aliphatic rings. The summed E-state index contributed by atoms with van der Waals surface area (Å²) in [4.78, 5) is 21.2. The van der Waals surface area contributed by atoms with Crippen molar-refractivity contribution in [3.05, 3.63) is 65.9 Å². The van der Waals surface area contributed by atoms with E-state index in [1.54, 1.807) is 16.7 Å². The van der Waals surface area contributed by atoms with Gasteiger partial charge in [0.2, 0.25) is 18.1 Å². The van der Waals surface area contributed by atoms with Gasteiger partial charge in [-0.1, -0.05) is 17.3 Å². The van der Waals surface area contributed by atoms with Crippen LogP contribution in [0.4, 0.5) is 14.5 Å². The molecule has 9 nitrogen and oxygen atoms in total. The van der Waals surface area contributed by atoms with Gasteiger partial charge in [0.1, 0.15) is 11.3 Å². The van der Waals surface area contributed by atoms with Gasteiger partial charge >= 0.3 is 0 Å². The molecule has 0 bridgehead atoms. The van der Waals surface area contributed by atoms with Gasteiger partial charge in [-0.25, -0.2) is 13.8 Å². The predicted molar refractivity (Wildman–Crippen MR) is 119 cm³/mol. The Morgan fingerprint density at radius 1 is 1.26 bits per heavy atom. The molecule has 178 valence electrons. The summed E-state index contributed by atoms with van der Waals surface area (Å²) in [6, 6.07) is 9.25. The van der Waals surface area contributed by atoms with Crippen LogP contribution in [0.3, 0.4) is 0 Å². The molecule has 1 aliphatic carbocycles. The second-order valence-electron chi connectivity index (χ2n) is 7.78. The van der Waals surface area contributed by atoms with Gasteiger partial charge in [-0.3, -0.25) is 9.20 Å². The molecular formula is C23H23F2N5O4. The number of rotatable bonds is 7. The van der Waals surface area contributed by atoms with Crippen molar-refractivity contribution < 1.29 is 27.9 Å². The first-order valence-electron chi connectivity index (χ1n) is 10.6. The van der Waals surface area contributed by atoms with Crippen molar-refractivity contribution >= 4 is 17.2 Å². The number of aryl methyl sites for hydroxylation is 1. The topological polar surface area (TPSA) is 115 Å². The molecule has 5 rings (SSSR count). The van der Waals surface area contributed by atoms with Crippen molar-refractivity contribution in [3.8, 4) is 11.4 Å². The SMILES string of the molecule is Cc1ccc(-c2ncon2)cc1NC(=O)c1cnc2cc(COCCO)ccn12.FC1(F)CC1. The number of aliphatic hydroxyl groups excluding tert-OH is 1. The number of aromatic nitrogens is 4. The van der Waals surface area contributed by atoms with Crippen molar-refractivity contribution in [2.75, 3.05) is 18.5 Å². The molecule has 11 heteroatoms. The smallest absolute Gasteiger partial charge is 0.274 e. The van der Waals surface area contributed by atoms with E-state index in [2.05, 4.69) is 20.4 Å². The Kier molecular flexibility index (Phi) is 6.94. The normalized spacial score (nSPS) is 13.9. The van der Waals surface area contributed by atoms with Crippen LogP contribution in [0.15, 0.2) is 53.6 Å². The second kappa shape index (κ2) is 10.1. The molecule has 0 spiro atoms. The van der Waals surface area contributed by atoms with Crippen LogP contribution in [0.1, 0.15) is 34.5 Å². The van der Waals surface area contributed by atoms with Gasteiger partial charge in [0.15, 0.2) is 0 Å². The van der Waals surface area contributed by atoms with Crippen molar-refractivity contribution in [2.45, 2.75) is 32.3 Å². The second-order valence-corrected chi connectivity index (χ2v) is 7.78. The lowest BCUT2D eigenvalue weighted by molar-refractivity contribution is 0.0815. The predicted octanol–water partition coefficient (Wildman–Crippen LogP) is 3.87. The van der Waals surface area contributed by atoms with Crippen molar-refractivity contribution in [1.82, 2.24) is 19.5 Å². The Morgan fingerprint density at radius 2 is 2.06 bits per heavy atom. The van der Waals surface area contributed by atoms with Gasteiger partial charge < -0.3 is 19.7 Å². The lowest BCUT2D eigenvalue weighted by Crippen LogP contribution is -2.15. The summed E-state index contributed by atoms with van der Waals surface area (Å²) in [5.41, 5.74) is 4.26. The van der Waals surface area contributed by atoms with Crippen LogP contribution in [0.5, 0.6) is 0 Å². The van der Waals surface area contributed by atoms with Crippen LogP contribution in [-0.4, -0.2) is 49.7 Å². The summed E-state index contributed by atoms with van der Waals surface area (Å²) < 4.78 is 34.1. The Hall–Kier alpha value is -3.70. The number of fused-ring (bicyclic) bond motifs is 1. The summed E-state index contributed by atoms with van der Waals surface area (Å²) in [5, 5.41) is 15.5. The number of alkyl halides is 2. The maximum absolute atomic E-state index is 12.9. The zero-order chi connectivity index (χ0) is 24.1. The van der Waals surface area contributed by atoms with E-state index in [0.29, 0.717) is 29.5 Å². The van der Waals surface area contributed by atoms with E-state index in [1.807, 2.05) is 31.2 Å². The third kappa shape index (κ3) is 5.80. The first-order chi connectivity index (χ1) is 16.4. The van der Waals surface area contributed by atoms with Crippen LogP contribution in [-0.2, 0) is 11.3 Å². The molecular weight excluding hydrogens is 448 g/mol. The fraction of sp³-hybridized carbons (Fsp3) is 0.304. The molecule has 1 amide bonds. The van der Waals surface area contributed by atoms with E-state index in [9.17, 15) is 13.6 Å². The summed E-state index contributed by atoms with van der Waals surface area (Å²) >= 11 is 0. The number of anilines is 1. The molecule has 1 saturated carbocycles. The van der Waals surface area contributed by atoms with Crippen LogP contribution in [0.2, 0.25) is 0 Å². The molecule has 0 radical (unpaired) electrons. The van der Waals surface area contributed by atoms with Crippen molar-refractivity contribution in [2.24, 2.45) is 0 Å². The quantitative estimate of drug-likeness (QED) is 0.393. The number of amides is 1. The minimum atomic E-state index is -2.25. The highest BCUT2D eigenvalue weighted by Crippen LogP contribution is 2.40. The monoisotopic (exact) mass is 471 g/mol. The van der Waals surface area contributed by atoms with Crippen LogP contribution in [0.25, 0.3) is 17.0 Å². The first kappa shape index (κ1) is 23.5. The number of pyridine rings is 1. The lowest BCUT2D eigenvalue weighted by atomic mass is 10.1. The summed E-state index contributed by atoms with van der Waals surface area (Å²) in [6.07, 6.45) is 4.80. The van der Waals surface area contributed by atoms with E-state index < -0.39 is 5.92 Å². The molecule has 3 aromatic heterocycles. The Morgan fingerprint density at radius 3 is 2.74 bits per heavy atom. The number of nitrogens with zero attached hydrogens (tertiary/aromatic N) is 4. The van der Waals surface area contributed by atoms with Gasteiger partial charge in [-0.15, -0.1) is 0 Å². The molecule has 0 saturated heterocycles. The number of hydrogen-bond acceptors (Lipinski definition) is 7. The Bertz CT molecular complexity index is 1270. The number of imidazole rings is 1.